The first-order valence-electron chi connectivity index (χ1n) is 5.84. The summed E-state index contributed by atoms with van der Waals surface area (Å²) in [7, 11) is 0. The third kappa shape index (κ3) is 4.32. The molecular formula is C13H11BrN2O5. The van der Waals surface area contributed by atoms with Crippen LogP contribution in [0.5, 0.6) is 5.88 Å². The van der Waals surface area contributed by atoms with Crippen molar-refractivity contribution >= 4 is 33.5 Å². The summed E-state index contributed by atoms with van der Waals surface area (Å²) in [5, 5.41) is 15.1. The number of aryl methyl sites for hydroxylation is 1. The maximum absolute atomic E-state index is 11.7. The van der Waals surface area contributed by atoms with Crippen molar-refractivity contribution in [2.75, 3.05) is 11.9 Å². The zero-order valence-corrected chi connectivity index (χ0v) is 12.5. The molecule has 0 fully saturated rings. The highest BCUT2D eigenvalue weighted by atomic mass is 79.9. The van der Waals surface area contributed by atoms with Crippen LogP contribution in [0.25, 0.3) is 0 Å². The Kier molecular flexibility index (Phi) is 4.59. The molecule has 0 bridgehead atoms. The van der Waals surface area contributed by atoms with Crippen molar-refractivity contribution in [3.8, 4) is 5.88 Å². The lowest BCUT2D eigenvalue weighted by Gasteiger charge is -2.07. The molecule has 0 radical (unpaired) electrons. The van der Waals surface area contributed by atoms with E-state index in [4.69, 9.17) is 14.4 Å². The maximum Gasteiger partial charge on any atom is 0.335 e. The standard InChI is InChI=1S/C13H11BrN2O5/c1-7-2-12(16-21-7)20-6-11(17)15-10-4-8(13(18)19)3-9(14)5-10/h2-5H,6H2,1H3,(H,15,17)(H,18,19). The quantitative estimate of drug-likeness (QED) is 0.854. The molecule has 0 atom stereocenters. The lowest BCUT2D eigenvalue weighted by molar-refractivity contribution is -0.118. The molecule has 2 N–H and O–H groups in total. The third-order valence-electron chi connectivity index (χ3n) is 2.39. The number of amides is 1. The van der Waals surface area contributed by atoms with Crippen LogP contribution in [0.4, 0.5) is 5.69 Å². The number of nitrogens with zero attached hydrogens (tertiary/aromatic N) is 1. The molecule has 0 spiro atoms. The Bertz CT molecular complexity index is 683. The summed E-state index contributed by atoms with van der Waals surface area (Å²) in [5.41, 5.74) is 0.416. The number of hydrogen-bond acceptors (Lipinski definition) is 5. The third-order valence-corrected chi connectivity index (χ3v) is 2.84. The van der Waals surface area contributed by atoms with Gasteiger partial charge in [0.2, 0.25) is 0 Å². The molecule has 1 aromatic carbocycles. The van der Waals surface area contributed by atoms with E-state index in [9.17, 15) is 9.59 Å². The highest BCUT2D eigenvalue weighted by molar-refractivity contribution is 9.10. The van der Waals surface area contributed by atoms with Crippen LogP contribution >= 0.6 is 15.9 Å². The fraction of sp³-hybridized carbons (Fsp3) is 0.154. The van der Waals surface area contributed by atoms with Gasteiger partial charge in [-0.3, -0.25) is 4.79 Å². The van der Waals surface area contributed by atoms with Gasteiger partial charge in [0, 0.05) is 16.2 Å². The number of ether oxygens (including phenoxy) is 1. The minimum atomic E-state index is -1.08. The number of carbonyl (C=O) groups excluding carboxylic acids is 1. The van der Waals surface area contributed by atoms with E-state index in [1.807, 2.05) is 0 Å². The van der Waals surface area contributed by atoms with Gasteiger partial charge in [-0.2, -0.15) is 0 Å². The highest BCUT2D eigenvalue weighted by Crippen LogP contribution is 2.20. The molecule has 0 unspecified atom stereocenters. The molecule has 2 rings (SSSR count). The largest absolute Gasteiger partial charge is 0.478 e. The van der Waals surface area contributed by atoms with Crippen LogP contribution < -0.4 is 10.1 Å². The number of aromatic nitrogens is 1. The van der Waals surface area contributed by atoms with E-state index < -0.39 is 11.9 Å². The first-order chi connectivity index (χ1) is 9.94. The fourth-order valence-corrected chi connectivity index (χ4v) is 2.03. The zero-order valence-electron chi connectivity index (χ0n) is 10.9. The minimum absolute atomic E-state index is 0.0627. The number of rotatable bonds is 5. The molecular weight excluding hydrogens is 344 g/mol. The summed E-state index contributed by atoms with van der Waals surface area (Å²) >= 11 is 3.18. The van der Waals surface area contributed by atoms with Gasteiger partial charge >= 0.3 is 5.97 Å². The van der Waals surface area contributed by atoms with E-state index in [0.717, 1.165) is 0 Å². The molecule has 1 aromatic heterocycles. The fourth-order valence-electron chi connectivity index (χ4n) is 1.53. The predicted octanol–water partition coefficient (Wildman–Crippen LogP) is 2.46. The van der Waals surface area contributed by atoms with Crippen LogP contribution in [0, 0.1) is 6.92 Å². The summed E-state index contributed by atoms with van der Waals surface area (Å²) < 4.78 is 10.5. The Morgan fingerprint density at radius 1 is 1.38 bits per heavy atom. The van der Waals surface area contributed by atoms with Crippen LogP contribution in [0.1, 0.15) is 16.1 Å². The molecule has 0 saturated carbocycles. The monoisotopic (exact) mass is 354 g/mol. The van der Waals surface area contributed by atoms with Gasteiger partial charge in [-0.15, -0.1) is 0 Å². The summed E-state index contributed by atoms with van der Waals surface area (Å²) in [6, 6.07) is 5.93. The normalized spacial score (nSPS) is 10.2. The molecule has 2 aromatic rings. The van der Waals surface area contributed by atoms with Crippen molar-refractivity contribution < 1.29 is 24.0 Å². The van der Waals surface area contributed by atoms with E-state index in [1.54, 1.807) is 19.1 Å². The number of carbonyl (C=O) groups is 2. The number of aromatic carboxylic acids is 1. The second kappa shape index (κ2) is 6.40. The summed E-state index contributed by atoms with van der Waals surface area (Å²) in [5.74, 6) is -0.738. The summed E-state index contributed by atoms with van der Waals surface area (Å²) in [6.07, 6.45) is 0. The Balaban J connectivity index is 1.97. The molecule has 1 amide bonds. The van der Waals surface area contributed by atoms with Crippen LogP contribution in [0.2, 0.25) is 0 Å². The molecule has 0 aliphatic heterocycles. The van der Waals surface area contributed by atoms with Crippen molar-refractivity contribution in [2.45, 2.75) is 6.92 Å². The van der Waals surface area contributed by atoms with E-state index in [2.05, 4.69) is 26.4 Å². The van der Waals surface area contributed by atoms with Gasteiger partial charge in [-0.25, -0.2) is 4.79 Å². The smallest absolute Gasteiger partial charge is 0.335 e. The lowest BCUT2D eigenvalue weighted by atomic mass is 10.2. The van der Waals surface area contributed by atoms with Gasteiger partial charge in [0.25, 0.3) is 11.8 Å². The number of nitrogens with one attached hydrogen (secondary N) is 1. The van der Waals surface area contributed by atoms with Crippen LogP contribution in [-0.4, -0.2) is 28.7 Å². The molecule has 21 heavy (non-hydrogen) atoms. The van der Waals surface area contributed by atoms with Crippen LogP contribution in [-0.2, 0) is 4.79 Å². The van der Waals surface area contributed by atoms with Gasteiger partial charge in [0.15, 0.2) is 6.61 Å². The molecule has 0 saturated heterocycles. The Morgan fingerprint density at radius 3 is 2.76 bits per heavy atom. The SMILES string of the molecule is Cc1cc(OCC(=O)Nc2cc(Br)cc(C(=O)O)c2)no1. The molecule has 110 valence electrons. The Hall–Kier alpha value is -2.35. The van der Waals surface area contributed by atoms with E-state index in [0.29, 0.717) is 15.9 Å². The second-order valence-electron chi connectivity index (χ2n) is 4.15. The van der Waals surface area contributed by atoms with Crippen LogP contribution in [0.3, 0.4) is 0 Å². The number of halogens is 1. The average Bonchev–Trinajstić information content (AvgIpc) is 2.81. The maximum atomic E-state index is 11.7. The molecule has 0 aliphatic rings. The molecule has 7 nitrogen and oxygen atoms in total. The van der Waals surface area contributed by atoms with Gasteiger partial charge in [0.1, 0.15) is 5.76 Å². The topological polar surface area (TPSA) is 102 Å². The van der Waals surface area contributed by atoms with E-state index in [1.165, 1.54) is 12.1 Å². The van der Waals surface area contributed by atoms with Crippen molar-refractivity contribution in [3.63, 3.8) is 0 Å². The molecule has 1 heterocycles. The average molecular weight is 355 g/mol. The van der Waals surface area contributed by atoms with Crippen molar-refractivity contribution in [1.82, 2.24) is 5.16 Å². The number of carboxylic acids is 1. The van der Waals surface area contributed by atoms with Crippen molar-refractivity contribution in [1.29, 1.82) is 0 Å². The van der Waals surface area contributed by atoms with Gasteiger partial charge in [0.05, 0.1) is 5.56 Å². The first-order valence-corrected chi connectivity index (χ1v) is 6.63. The Morgan fingerprint density at radius 2 is 2.14 bits per heavy atom. The number of carboxylic acid groups (broad SMARTS) is 1. The Labute approximate surface area is 128 Å². The zero-order chi connectivity index (χ0) is 15.4. The highest BCUT2D eigenvalue weighted by Gasteiger charge is 2.10. The number of hydrogen-bond donors (Lipinski definition) is 2. The molecule has 0 aliphatic carbocycles. The van der Waals surface area contributed by atoms with E-state index in [-0.39, 0.29) is 18.1 Å². The van der Waals surface area contributed by atoms with Gasteiger partial charge in [-0.05, 0) is 30.3 Å². The number of anilines is 1. The minimum Gasteiger partial charge on any atom is -0.478 e. The van der Waals surface area contributed by atoms with Crippen molar-refractivity contribution in [3.05, 3.63) is 40.1 Å². The lowest BCUT2D eigenvalue weighted by Crippen LogP contribution is -2.20. The van der Waals surface area contributed by atoms with E-state index >= 15 is 0 Å². The van der Waals surface area contributed by atoms with Crippen LogP contribution in [0.15, 0.2) is 33.3 Å². The van der Waals surface area contributed by atoms with Crippen molar-refractivity contribution in [2.24, 2.45) is 0 Å². The van der Waals surface area contributed by atoms with Gasteiger partial charge < -0.3 is 19.7 Å². The molecule has 8 heteroatoms. The second-order valence-corrected chi connectivity index (χ2v) is 5.06. The number of benzene rings is 1. The summed E-state index contributed by atoms with van der Waals surface area (Å²) in [6.45, 7) is 1.44. The first kappa shape index (κ1) is 15.0. The predicted molar refractivity (Wildman–Crippen MR) is 76.5 cm³/mol. The van der Waals surface area contributed by atoms with Gasteiger partial charge in [-0.1, -0.05) is 15.9 Å². The summed E-state index contributed by atoms with van der Waals surface area (Å²) in [4.78, 5) is 22.7.